The number of carbonyl (C=O) groups is 4. The van der Waals surface area contributed by atoms with E-state index in [9.17, 15) is 39.6 Å². The first-order valence-corrected chi connectivity index (χ1v) is 24.4. The predicted octanol–water partition coefficient (Wildman–Crippen LogP) is 8.07. The summed E-state index contributed by atoms with van der Waals surface area (Å²) < 4.78 is 18.1. The number of hydrogen-bond acceptors (Lipinski definition) is 20. The number of benzene rings is 2. The predicted molar refractivity (Wildman–Crippen MR) is 243 cm³/mol. The van der Waals surface area contributed by atoms with E-state index in [4.69, 9.17) is 11.5 Å². The van der Waals surface area contributed by atoms with Gasteiger partial charge < -0.3 is 31.9 Å². The number of nitrogens with two attached hydrogens (primary N) is 2. The SMILES string of the molecule is CCS(=O)(CC)(Sc1nnc(N=Nc2c(C(C)(C)C)nn(-c3cc(C(=O)O)cc(C(=O)O)c3)c2N)s1)c1nnc(N=Nc2c(C(C)(C)C)nn(-c3cc(C(=O)O)cc(C(=O)O)c3)c2N)s1. The van der Waals surface area contributed by atoms with Crippen molar-refractivity contribution in [1.82, 2.24) is 40.0 Å². The molecule has 0 radical (unpaired) electrons. The molecule has 0 fully saturated rings. The lowest BCUT2D eigenvalue weighted by atomic mass is 9.91. The number of hydrogen-bond donors (Lipinski definition) is 6. The molecule has 0 aliphatic carbocycles. The van der Waals surface area contributed by atoms with Crippen LogP contribution in [0.2, 0.25) is 0 Å². The van der Waals surface area contributed by atoms with Gasteiger partial charge in [0.15, 0.2) is 31.7 Å². The molecule has 0 aliphatic heterocycles. The molecule has 342 valence electrons. The summed E-state index contributed by atoms with van der Waals surface area (Å²) in [6, 6.07) is 6.98. The number of aromatic nitrogens is 8. The number of aromatic carboxylic acids is 4. The second-order valence-electron chi connectivity index (χ2n) is 16.2. The van der Waals surface area contributed by atoms with Crippen molar-refractivity contribution < 1.29 is 43.8 Å². The minimum absolute atomic E-state index is 0.0304. The van der Waals surface area contributed by atoms with Crippen molar-refractivity contribution in [1.29, 1.82) is 0 Å². The first-order chi connectivity index (χ1) is 30.3. The maximum atomic E-state index is 15.3. The van der Waals surface area contributed by atoms with E-state index in [1.165, 1.54) is 33.6 Å². The summed E-state index contributed by atoms with van der Waals surface area (Å²) in [6.45, 7) is 14.6. The van der Waals surface area contributed by atoms with Gasteiger partial charge in [-0.1, -0.05) is 78.1 Å². The van der Waals surface area contributed by atoms with Crippen molar-refractivity contribution in [2.45, 2.75) is 74.9 Å². The van der Waals surface area contributed by atoms with Crippen molar-refractivity contribution in [3.63, 3.8) is 0 Å². The summed E-state index contributed by atoms with van der Waals surface area (Å²) in [7, 11) is -2.96. The lowest BCUT2D eigenvalue weighted by Gasteiger charge is -2.35. The van der Waals surface area contributed by atoms with Crippen LogP contribution in [-0.2, 0) is 18.9 Å². The smallest absolute Gasteiger partial charge is 0.335 e. The van der Waals surface area contributed by atoms with Crippen molar-refractivity contribution >= 4 is 98.7 Å². The van der Waals surface area contributed by atoms with Gasteiger partial charge in [-0.05, 0) is 47.2 Å². The summed E-state index contributed by atoms with van der Waals surface area (Å²) in [5.41, 5.74) is 11.7. The van der Waals surface area contributed by atoms with Crippen LogP contribution >= 0.6 is 33.5 Å². The Kier molecular flexibility index (Phi) is 12.7. The Morgan fingerprint density at radius 2 is 0.985 bits per heavy atom. The van der Waals surface area contributed by atoms with E-state index in [0.29, 0.717) is 11.4 Å². The van der Waals surface area contributed by atoms with Gasteiger partial charge in [0.05, 0.1) is 45.0 Å². The molecule has 0 amide bonds. The molecule has 23 nitrogen and oxygen atoms in total. The Bertz CT molecular complexity index is 2970. The molecule has 4 aromatic heterocycles. The normalized spacial score (nSPS) is 13.1. The van der Waals surface area contributed by atoms with Crippen molar-refractivity contribution in [3.05, 3.63) is 70.0 Å². The van der Waals surface area contributed by atoms with Crippen LogP contribution in [0, 0.1) is 0 Å². The highest BCUT2D eigenvalue weighted by Crippen LogP contribution is 2.53. The van der Waals surface area contributed by atoms with Gasteiger partial charge in [-0.25, -0.2) is 28.5 Å². The van der Waals surface area contributed by atoms with Gasteiger partial charge in [0, 0.05) is 30.4 Å². The summed E-state index contributed by atoms with van der Waals surface area (Å²) in [6.07, 6.45) is 0. The van der Waals surface area contributed by atoms with E-state index in [1.807, 2.05) is 41.5 Å². The molecule has 0 aliphatic rings. The molecule has 4 heterocycles. The van der Waals surface area contributed by atoms with E-state index in [-0.39, 0.29) is 87.1 Å². The summed E-state index contributed by atoms with van der Waals surface area (Å²) in [5, 5.41) is 81.8. The molecule has 0 saturated heterocycles. The Morgan fingerprint density at radius 1 is 0.615 bits per heavy atom. The summed E-state index contributed by atoms with van der Waals surface area (Å²) in [5.74, 6) is -5.25. The average molecular weight is 967 g/mol. The zero-order valence-electron chi connectivity index (χ0n) is 35.9. The second-order valence-corrected chi connectivity index (χ2v) is 26.0. The third-order valence-electron chi connectivity index (χ3n) is 9.61. The van der Waals surface area contributed by atoms with Gasteiger partial charge >= 0.3 is 23.9 Å². The highest BCUT2D eigenvalue weighted by atomic mass is 33.2. The minimum atomic E-state index is -3.94. The van der Waals surface area contributed by atoms with Crippen molar-refractivity contribution in [3.8, 4) is 11.4 Å². The molecule has 65 heavy (non-hydrogen) atoms. The van der Waals surface area contributed by atoms with Gasteiger partial charge in [-0.3, -0.25) is 4.21 Å². The number of anilines is 2. The number of rotatable bonds is 15. The van der Waals surface area contributed by atoms with Crippen LogP contribution in [0.1, 0.15) is 108 Å². The molecule has 0 unspecified atom stereocenters. The van der Waals surface area contributed by atoms with Crippen LogP contribution in [0.25, 0.3) is 11.4 Å². The first kappa shape index (κ1) is 47.6. The Balaban J connectivity index is 1.30. The monoisotopic (exact) mass is 966 g/mol. The lowest BCUT2D eigenvalue weighted by molar-refractivity contribution is 0.0676. The van der Waals surface area contributed by atoms with Gasteiger partial charge in [0.25, 0.3) is 10.3 Å². The number of carboxylic acid groups (broad SMARTS) is 4. The first-order valence-electron chi connectivity index (χ1n) is 19.1. The van der Waals surface area contributed by atoms with Crippen LogP contribution in [-0.4, -0.2) is 100.0 Å². The fraction of sp³-hybridized carbons (Fsp3) is 0.316. The molecule has 8 N–H and O–H groups in total. The quantitative estimate of drug-likeness (QED) is 0.0418. The minimum Gasteiger partial charge on any atom is -0.478 e. The third-order valence-corrected chi connectivity index (χ3v) is 20.7. The van der Waals surface area contributed by atoms with Gasteiger partial charge in [0.1, 0.15) is 0 Å². The van der Waals surface area contributed by atoms with Gasteiger partial charge in [0.2, 0.25) is 0 Å². The van der Waals surface area contributed by atoms with E-state index < -0.39 is 42.8 Å². The topological polar surface area (TPSA) is 355 Å². The molecule has 0 bridgehead atoms. The lowest BCUT2D eigenvalue weighted by Crippen LogP contribution is -2.34. The van der Waals surface area contributed by atoms with Crippen molar-refractivity contribution in [2.24, 2.45) is 20.5 Å². The fourth-order valence-corrected chi connectivity index (χ4v) is 15.2. The number of carboxylic acids is 4. The number of azo groups is 2. The zero-order valence-corrected chi connectivity index (χ0v) is 39.1. The van der Waals surface area contributed by atoms with E-state index >= 15 is 4.21 Å². The molecule has 27 heteroatoms. The molecule has 0 saturated carbocycles. The number of nitrogen functional groups attached to an aromatic ring is 2. The summed E-state index contributed by atoms with van der Waals surface area (Å²) >= 11 is 1.94. The van der Waals surface area contributed by atoms with Gasteiger partial charge in [-0.2, -0.15) is 10.2 Å². The maximum absolute atomic E-state index is 15.3. The largest absolute Gasteiger partial charge is 0.478 e. The number of nitrogens with zero attached hydrogens (tertiary/aromatic N) is 12. The molecule has 6 aromatic rings. The molecule has 6 rings (SSSR count). The zero-order chi connectivity index (χ0) is 48.0. The average Bonchev–Trinajstić information content (AvgIpc) is 4.04. The Hall–Kier alpha value is -6.84. The van der Waals surface area contributed by atoms with Crippen LogP contribution in [0.4, 0.5) is 33.3 Å². The highest BCUT2D eigenvalue weighted by Gasteiger charge is 2.42. The van der Waals surface area contributed by atoms with E-state index in [1.54, 1.807) is 13.8 Å². The van der Waals surface area contributed by atoms with Crippen LogP contribution in [0.3, 0.4) is 0 Å². The molecule has 0 atom stereocenters. The molecule has 2 aromatic carbocycles. The van der Waals surface area contributed by atoms with E-state index in [2.05, 4.69) is 51.0 Å². The highest BCUT2D eigenvalue weighted by molar-refractivity contribution is 8.86. The Morgan fingerprint density at radius 3 is 1.34 bits per heavy atom. The Labute approximate surface area is 380 Å². The van der Waals surface area contributed by atoms with Crippen LogP contribution < -0.4 is 11.5 Å². The van der Waals surface area contributed by atoms with Gasteiger partial charge in [-0.15, -0.1) is 40.9 Å². The van der Waals surface area contributed by atoms with Crippen molar-refractivity contribution in [2.75, 3.05) is 23.0 Å². The molecular weight excluding hydrogens is 925 g/mol. The summed E-state index contributed by atoms with van der Waals surface area (Å²) in [4.78, 5) is 47.2. The third kappa shape index (κ3) is 9.52. The van der Waals surface area contributed by atoms with Crippen LogP contribution in [0.15, 0.2) is 65.5 Å². The van der Waals surface area contributed by atoms with Crippen LogP contribution in [0.5, 0.6) is 0 Å². The standard InChI is InChI=1S/C38H42N14O9S4/c1-9-65(61,10-2,36-48-46-34(63-36)44-42-24-26(38(6,7)8)50-52(28(24)40)22-15-19(31(57)58)12-20(16-22)32(59)60)64-35-47-45-33(62-35)43-41-23-25(37(3,4)5)49-51(27(23)39)21-13-17(29(53)54)11-18(14-21)30(55)56/h11-16H,9-10,39-40H2,1-8H3,(H,53,54)(H,55,56)(H,57,58)(H,59,60). The molecular formula is C38H42N14O9S4. The fourth-order valence-electron chi connectivity index (χ4n) is 6.07. The maximum Gasteiger partial charge on any atom is 0.335 e. The molecule has 0 spiro atoms. The second kappa shape index (κ2) is 17.3. The van der Waals surface area contributed by atoms with E-state index in [0.717, 1.165) is 45.6 Å².